The van der Waals surface area contributed by atoms with E-state index in [2.05, 4.69) is 17.0 Å². The monoisotopic (exact) mass is 491 g/mol. The minimum atomic E-state index is -1.22. The van der Waals surface area contributed by atoms with Crippen molar-refractivity contribution in [2.45, 2.75) is 38.3 Å². The van der Waals surface area contributed by atoms with Crippen molar-refractivity contribution < 1.29 is 24.1 Å². The van der Waals surface area contributed by atoms with Gasteiger partial charge in [-0.1, -0.05) is 42.5 Å². The molecule has 0 aromatic heterocycles. The van der Waals surface area contributed by atoms with Gasteiger partial charge in [0.2, 0.25) is 0 Å². The Hall–Kier alpha value is -3.06. The average Bonchev–Trinajstić information content (AvgIpc) is 2.93. The number of hydrogen-bond donors (Lipinski definition) is 1. The molecule has 192 valence electrons. The summed E-state index contributed by atoms with van der Waals surface area (Å²) in [5.74, 6) is 1.68. The molecule has 0 radical (unpaired) electrons. The van der Waals surface area contributed by atoms with Crippen molar-refractivity contribution in [3.63, 3.8) is 0 Å². The topological polar surface area (TPSA) is 60.4 Å². The number of hydrogen-bond acceptors (Lipinski definition) is 6. The van der Waals surface area contributed by atoms with Crippen molar-refractivity contribution in [2.75, 3.05) is 39.3 Å². The molecule has 1 N–H and O–H groups in total. The Kier molecular flexibility index (Phi) is 8.52. The average molecular weight is 492 g/mol. The number of ether oxygens (including phenoxy) is 4. The van der Waals surface area contributed by atoms with Crippen LogP contribution in [0.25, 0.3) is 0 Å². The molecule has 0 spiro atoms. The first kappa shape index (κ1) is 26.0. The fourth-order valence-electron chi connectivity index (χ4n) is 4.97. The molecule has 1 saturated heterocycles. The van der Waals surface area contributed by atoms with Crippen molar-refractivity contribution >= 4 is 5.69 Å². The van der Waals surface area contributed by atoms with E-state index in [-0.39, 0.29) is 6.29 Å². The Labute approximate surface area is 214 Å². The van der Waals surface area contributed by atoms with Crippen molar-refractivity contribution in [2.24, 2.45) is 5.92 Å². The Morgan fingerprint density at radius 3 is 2.19 bits per heavy atom. The normalized spacial score (nSPS) is 16.1. The second-order valence-electron chi connectivity index (χ2n) is 9.42. The molecule has 6 nitrogen and oxygen atoms in total. The minimum Gasteiger partial charge on any atom is -0.496 e. The van der Waals surface area contributed by atoms with E-state index in [9.17, 15) is 5.11 Å². The summed E-state index contributed by atoms with van der Waals surface area (Å²) >= 11 is 0. The Morgan fingerprint density at radius 1 is 0.917 bits per heavy atom. The lowest BCUT2D eigenvalue weighted by Crippen LogP contribution is -2.39. The van der Waals surface area contributed by atoms with Crippen LogP contribution in [0.2, 0.25) is 0 Å². The van der Waals surface area contributed by atoms with E-state index in [0.717, 1.165) is 42.7 Å². The zero-order valence-electron chi connectivity index (χ0n) is 21.6. The largest absolute Gasteiger partial charge is 0.496 e. The van der Waals surface area contributed by atoms with Crippen LogP contribution in [0.1, 0.15) is 36.5 Å². The van der Waals surface area contributed by atoms with Crippen molar-refractivity contribution in [1.82, 2.24) is 0 Å². The summed E-state index contributed by atoms with van der Waals surface area (Å²) < 4.78 is 22.5. The molecule has 36 heavy (non-hydrogen) atoms. The zero-order chi connectivity index (χ0) is 25.5. The molecule has 0 saturated carbocycles. The summed E-state index contributed by atoms with van der Waals surface area (Å²) in [4.78, 5) is 2.37. The highest BCUT2D eigenvalue weighted by molar-refractivity contribution is 5.52. The van der Waals surface area contributed by atoms with Crippen LogP contribution in [-0.2, 0) is 21.7 Å². The zero-order valence-corrected chi connectivity index (χ0v) is 21.6. The lowest BCUT2D eigenvalue weighted by molar-refractivity contribution is -0.141. The second kappa shape index (κ2) is 11.8. The van der Waals surface area contributed by atoms with Gasteiger partial charge in [-0.3, -0.25) is 0 Å². The van der Waals surface area contributed by atoms with Gasteiger partial charge in [0, 0.05) is 50.5 Å². The highest BCUT2D eigenvalue weighted by atomic mass is 16.7. The summed E-state index contributed by atoms with van der Waals surface area (Å²) in [6, 6.07) is 23.8. The van der Waals surface area contributed by atoms with Crippen molar-refractivity contribution in [3.8, 4) is 11.5 Å². The highest BCUT2D eigenvalue weighted by Crippen LogP contribution is 2.38. The molecule has 0 aliphatic carbocycles. The maximum atomic E-state index is 11.6. The van der Waals surface area contributed by atoms with E-state index < -0.39 is 5.60 Å². The van der Waals surface area contributed by atoms with Crippen LogP contribution in [0.5, 0.6) is 11.5 Å². The lowest BCUT2D eigenvalue weighted by atomic mass is 9.87. The number of piperidine rings is 1. The maximum Gasteiger partial charge on any atom is 0.159 e. The molecule has 3 aromatic rings. The van der Waals surface area contributed by atoms with Crippen LogP contribution in [0.3, 0.4) is 0 Å². The number of nitrogens with zero attached hydrogens (tertiary/aromatic N) is 1. The van der Waals surface area contributed by atoms with Crippen LogP contribution < -0.4 is 14.4 Å². The van der Waals surface area contributed by atoms with Crippen molar-refractivity contribution in [1.29, 1.82) is 0 Å². The predicted octanol–water partition coefficient (Wildman–Crippen LogP) is 5.37. The second-order valence-corrected chi connectivity index (χ2v) is 9.42. The Morgan fingerprint density at radius 2 is 1.58 bits per heavy atom. The Balaban J connectivity index is 1.44. The van der Waals surface area contributed by atoms with E-state index in [1.807, 2.05) is 60.7 Å². The molecule has 1 heterocycles. The number of aliphatic hydroxyl groups is 1. The smallest absolute Gasteiger partial charge is 0.159 e. The molecule has 1 unspecified atom stereocenters. The highest BCUT2D eigenvalue weighted by Gasteiger charge is 2.30. The first-order valence-electron chi connectivity index (χ1n) is 12.4. The van der Waals surface area contributed by atoms with Crippen LogP contribution in [0.4, 0.5) is 5.69 Å². The van der Waals surface area contributed by atoms with Gasteiger partial charge in [-0.25, -0.2) is 0 Å². The molecular formula is C30H37NO5. The lowest BCUT2D eigenvalue weighted by Gasteiger charge is -2.36. The van der Waals surface area contributed by atoms with E-state index >= 15 is 0 Å². The quantitative estimate of drug-likeness (QED) is 0.385. The van der Waals surface area contributed by atoms with Gasteiger partial charge < -0.3 is 29.0 Å². The van der Waals surface area contributed by atoms with E-state index in [0.29, 0.717) is 29.6 Å². The molecule has 1 fully saturated rings. The molecule has 1 aliphatic heterocycles. The van der Waals surface area contributed by atoms with Gasteiger partial charge >= 0.3 is 0 Å². The number of methoxy groups -OCH3 is 3. The van der Waals surface area contributed by atoms with Gasteiger partial charge in [-0.15, -0.1) is 0 Å². The van der Waals surface area contributed by atoms with Crippen LogP contribution in [-0.4, -0.2) is 45.8 Å². The van der Waals surface area contributed by atoms with Gasteiger partial charge in [-0.2, -0.15) is 0 Å². The summed E-state index contributed by atoms with van der Waals surface area (Å²) in [7, 11) is 5.01. The molecule has 0 amide bonds. The van der Waals surface area contributed by atoms with Gasteiger partial charge in [0.05, 0.1) is 7.11 Å². The summed E-state index contributed by atoms with van der Waals surface area (Å²) in [6.07, 6.45) is 1.89. The molecule has 6 heteroatoms. The first-order valence-corrected chi connectivity index (χ1v) is 12.4. The molecule has 1 aliphatic rings. The predicted molar refractivity (Wildman–Crippen MR) is 142 cm³/mol. The third kappa shape index (κ3) is 5.84. The van der Waals surface area contributed by atoms with Gasteiger partial charge in [0.15, 0.2) is 6.29 Å². The fraction of sp³-hybridized carbons (Fsp3) is 0.400. The molecule has 3 aromatic carbocycles. The fourth-order valence-corrected chi connectivity index (χ4v) is 4.97. The SMILES string of the molecule is COc1cc(OCc2ccccc2)ccc1C(C)(O)c1ccc(N2CCC(C(OC)OC)CC2)cc1. The van der Waals surface area contributed by atoms with Gasteiger partial charge in [-0.05, 0) is 55.2 Å². The number of anilines is 1. The summed E-state index contributed by atoms with van der Waals surface area (Å²) in [5, 5.41) is 11.6. The van der Waals surface area contributed by atoms with Crippen molar-refractivity contribution in [3.05, 3.63) is 89.5 Å². The number of benzene rings is 3. The summed E-state index contributed by atoms with van der Waals surface area (Å²) in [5.41, 5.74) is 2.51. The van der Waals surface area contributed by atoms with Gasteiger partial charge in [0.1, 0.15) is 23.7 Å². The molecule has 1 atom stereocenters. The maximum absolute atomic E-state index is 11.6. The van der Waals surface area contributed by atoms with Crippen LogP contribution >= 0.6 is 0 Å². The van der Waals surface area contributed by atoms with E-state index in [1.54, 1.807) is 28.3 Å². The van der Waals surface area contributed by atoms with Gasteiger partial charge in [0.25, 0.3) is 0 Å². The van der Waals surface area contributed by atoms with E-state index in [1.165, 1.54) is 0 Å². The third-order valence-electron chi connectivity index (χ3n) is 7.13. The molecular weight excluding hydrogens is 454 g/mol. The standard InChI is InChI=1S/C30H37NO5/c1-30(32,27-15-14-26(20-28(27)33-2)36-21-22-8-6-5-7-9-22)24-10-12-25(13-11-24)31-18-16-23(17-19-31)29(34-3)35-4/h5-15,20,23,29,32H,16-19,21H2,1-4H3. The first-order chi connectivity index (χ1) is 17.5. The van der Waals surface area contributed by atoms with E-state index in [4.69, 9.17) is 18.9 Å². The minimum absolute atomic E-state index is 0.144. The third-order valence-corrected chi connectivity index (χ3v) is 7.13. The van der Waals surface area contributed by atoms with Crippen LogP contribution in [0.15, 0.2) is 72.8 Å². The molecule has 0 bridgehead atoms. The molecule has 4 rings (SSSR count). The number of rotatable bonds is 10. The summed E-state index contributed by atoms with van der Waals surface area (Å²) in [6.45, 7) is 4.16. The Bertz CT molecular complexity index is 1090. The van der Waals surface area contributed by atoms with Crippen LogP contribution in [0, 0.1) is 5.92 Å².